The molecule has 0 heterocycles. The summed E-state index contributed by atoms with van der Waals surface area (Å²) < 4.78 is 18.2. The van der Waals surface area contributed by atoms with Crippen molar-refractivity contribution in [2.45, 2.75) is 19.4 Å². The van der Waals surface area contributed by atoms with E-state index in [0.29, 0.717) is 18.7 Å². The average Bonchev–Trinajstić information content (AvgIpc) is 2.58. The molecule has 0 saturated carbocycles. The van der Waals surface area contributed by atoms with Crippen LogP contribution in [0.2, 0.25) is 0 Å². The van der Waals surface area contributed by atoms with Gasteiger partial charge in [0, 0.05) is 5.69 Å². The third kappa shape index (κ3) is 5.55. The highest BCUT2D eigenvalue weighted by Gasteiger charge is 2.12. The number of carbonyl (C=O) groups excluding carboxylic acids is 1. The Kier molecular flexibility index (Phi) is 6.57. The van der Waals surface area contributed by atoms with Crippen LogP contribution in [0.4, 0.5) is 14.9 Å². The molecule has 1 unspecified atom stereocenters. The van der Waals surface area contributed by atoms with Crippen LogP contribution in [0.3, 0.4) is 0 Å². The predicted octanol–water partition coefficient (Wildman–Crippen LogP) is 2.95. The second-order valence-electron chi connectivity index (χ2n) is 5.27. The van der Waals surface area contributed by atoms with Crippen LogP contribution in [0.5, 0.6) is 5.75 Å². The maximum Gasteiger partial charge on any atom is 0.319 e. The van der Waals surface area contributed by atoms with Gasteiger partial charge in [0.1, 0.15) is 11.6 Å². The molecule has 2 rings (SSSR count). The Morgan fingerprint density at radius 3 is 2.42 bits per heavy atom. The lowest BCUT2D eigenvalue weighted by atomic mass is 10.1. The zero-order chi connectivity index (χ0) is 17.4. The number of benzene rings is 2. The third-order valence-corrected chi connectivity index (χ3v) is 3.37. The average molecular weight is 332 g/mol. The lowest BCUT2D eigenvalue weighted by molar-refractivity contribution is 0.224. The molecule has 1 atom stereocenters. The first kappa shape index (κ1) is 17.7. The molecule has 0 aromatic heterocycles. The van der Waals surface area contributed by atoms with Crippen LogP contribution >= 0.6 is 0 Å². The van der Waals surface area contributed by atoms with Gasteiger partial charge < -0.3 is 20.5 Å². The SMILES string of the molecule is CCOc1ccc(CC(CO)NC(=O)Nc2ccc(F)cc2)cc1. The van der Waals surface area contributed by atoms with Crippen molar-refractivity contribution in [2.24, 2.45) is 0 Å². The monoisotopic (exact) mass is 332 g/mol. The number of carbonyl (C=O) groups is 1. The molecule has 0 bridgehead atoms. The number of hydrogen-bond acceptors (Lipinski definition) is 3. The summed E-state index contributed by atoms with van der Waals surface area (Å²) in [6, 6.07) is 12.1. The second kappa shape index (κ2) is 8.88. The van der Waals surface area contributed by atoms with Crippen molar-refractivity contribution in [3.8, 4) is 5.75 Å². The van der Waals surface area contributed by atoms with E-state index in [1.165, 1.54) is 24.3 Å². The number of aliphatic hydroxyl groups excluding tert-OH is 1. The number of aliphatic hydroxyl groups is 1. The van der Waals surface area contributed by atoms with Crippen molar-refractivity contribution in [3.63, 3.8) is 0 Å². The molecule has 0 aliphatic carbocycles. The predicted molar refractivity (Wildman–Crippen MR) is 90.7 cm³/mol. The van der Waals surface area contributed by atoms with Gasteiger partial charge >= 0.3 is 6.03 Å². The zero-order valence-electron chi connectivity index (χ0n) is 13.5. The van der Waals surface area contributed by atoms with Gasteiger partial charge in [0.25, 0.3) is 0 Å². The Morgan fingerprint density at radius 2 is 1.83 bits per heavy atom. The number of ether oxygens (including phenoxy) is 1. The van der Waals surface area contributed by atoms with Crippen LogP contribution in [0.15, 0.2) is 48.5 Å². The summed E-state index contributed by atoms with van der Waals surface area (Å²) in [4.78, 5) is 11.9. The molecule has 0 saturated heterocycles. The van der Waals surface area contributed by atoms with Crippen molar-refractivity contribution in [1.82, 2.24) is 5.32 Å². The van der Waals surface area contributed by atoms with E-state index in [4.69, 9.17) is 4.74 Å². The lowest BCUT2D eigenvalue weighted by Gasteiger charge is -2.17. The van der Waals surface area contributed by atoms with Gasteiger partial charge in [0.15, 0.2) is 0 Å². The molecule has 0 radical (unpaired) electrons. The Labute approximate surface area is 140 Å². The highest BCUT2D eigenvalue weighted by atomic mass is 19.1. The molecule has 128 valence electrons. The van der Waals surface area contributed by atoms with Gasteiger partial charge in [-0.05, 0) is 55.3 Å². The molecule has 5 nitrogen and oxygen atoms in total. The number of hydrogen-bond donors (Lipinski definition) is 3. The van der Waals surface area contributed by atoms with Gasteiger partial charge in [-0.2, -0.15) is 0 Å². The van der Waals surface area contributed by atoms with Crippen LogP contribution in [-0.4, -0.2) is 30.4 Å². The Hall–Kier alpha value is -2.60. The maximum atomic E-state index is 12.8. The number of urea groups is 1. The number of anilines is 1. The Balaban J connectivity index is 1.88. The second-order valence-corrected chi connectivity index (χ2v) is 5.27. The lowest BCUT2D eigenvalue weighted by Crippen LogP contribution is -2.41. The van der Waals surface area contributed by atoms with Crippen LogP contribution in [0, 0.1) is 5.82 Å². The van der Waals surface area contributed by atoms with E-state index in [1.807, 2.05) is 31.2 Å². The number of nitrogens with one attached hydrogen (secondary N) is 2. The number of halogens is 1. The van der Waals surface area contributed by atoms with E-state index in [-0.39, 0.29) is 12.4 Å². The van der Waals surface area contributed by atoms with Crippen LogP contribution < -0.4 is 15.4 Å². The van der Waals surface area contributed by atoms with Gasteiger partial charge in [-0.15, -0.1) is 0 Å². The molecule has 6 heteroatoms. The molecule has 2 amide bonds. The van der Waals surface area contributed by atoms with E-state index in [1.54, 1.807) is 0 Å². The zero-order valence-corrected chi connectivity index (χ0v) is 13.5. The third-order valence-electron chi connectivity index (χ3n) is 3.37. The molecule has 0 aliphatic rings. The smallest absolute Gasteiger partial charge is 0.319 e. The fourth-order valence-electron chi connectivity index (χ4n) is 2.22. The number of amides is 2. The summed E-state index contributed by atoms with van der Waals surface area (Å²) in [6.07, 6.45) is 0.486. The van der Waals surface area contributed by atoms with Crippen LogP contribution in [0.1, 0.15) is 12.5 Å². The van der Waals surface area contributed by atoms with Crippen molar-refractivity contribution >= 4 is 11.7 Å². The van der Waals surface area contributed by atoms with Gasteiger partial charge in [0.2, 0.25) is 0 Å². The fraction of sp³-hybridized carbons (Fsp3) is 0.278. The minimum Gasteiger partial charge on any atom is -0.494 e. The van der Waals surface area contributed by atoms with Crippen LogP contribution in [-0.2, 0) is 6.42 Å². The largest absolute Gasteiger partial charge is 0.494 e. The molecule has 0 fully saturated rings. The van der Waals surface area contributed by atoms with Gasteiger partial charge in [0.05, 0.1) is 19.3 Å². The Bertz CT molecular complexity index is 644. The minimum atomic E-state index is -0.452. The minimum absolute atomic E-state index is 0.190. The van der Waals surface area contributed by atoms with Crippen molar-refractivity contribution < 1.29 is 19.0 Å². The standard InChI is InChI=1S/C18H21FN2O3/c1-2-24-17-9-3-13(4-10-17)11-16(12-22)21-18(23)20-15-7-5-14(19)6-8-15/h3-10,16,22H,2,11-12H2,1H3,(H2,20,21,23). The molecule has 3 N–H and O–H groups in total. The van der Waals surface area contributed by atoms with Gasteiger partial charge in [-0.1, -0.05) is 12.1 Å². The highest BCUT2D eigenvalue weighted by molar-refractivity contribution is 5.89. The summed E-state index contributed by atoms with van der Waals surface area (Å²) >= 11 is 0. The fourth-order valence-corrected chi connectivity index (χ4v) is 2.22. The first-order valence-corrected chi connectivity index (χ1v) is 7.76. The molecular formula is C18H21FN2O3. The maximum absolute atomic E-state index is 12.8. The van der Waals surface area contributed by atoms with Crippen molar-refractivity contribution in [3.05, 3.63) is 59.9 Å². The summed E-state index contributed by atoms with van der Waals surface area (Å²) in [7, 11) is 0. The van der Waals surface area contributed by atoms with E-state index < -0.39 is 12.1 Å². The molecule has 0 aliphatic heterocycles. The quantitative estimate of drug-likeness (QED) is 0.730. The van der Waals surface area contributed by atoms with Crippen molar-refractivity contribution in [2.75, 3.05) is 18.5 Å². The van der Waals surface area contributed by atoms with E-state index in [9.17, 15) is 14.3 Å². The van der Waals surface area contributed by atoms with E-state index in [0.717, 1.165) is 11.3 Å². The first-order valence-electron chi connectivity index (χ1n) is 7.76. The number of rotatable bonds is 7. The highest BCUT2D eigenvalue weighted by Crippen LogP contribution is 2.13. The molecular weight excluding hydrogens is 311 g/mol. The molecule has 0 spiro atoms. The molecule has 24 heavy (non-hydrogen) atoms. The molecule has 2 aromatic rings. The van der Waals surface area contributed by atoms with Gasteiger partial charge in [-0.3, -0.25) is 0 Å². The summed E-state index contributed by atoms with van der Waals surface area (Å²) in [6.45, 7) is 2.33. The normalized spacial score (nSPS) is 11.6. The van der Waals surface area contributed by atoms with Crippen LogP contribution in [0.25, 0.3) is 0 Å². The van der Waals surface area contributed by atoms with E-state index >= 15 is 0 Å². The Morgan fingerprint density at radius 1 is 1.17 bits per heavy atom. The van der Waals surface area contributed by atoms with Gasteiger partial charge in [-0.25, -0.2) is 9.18 Å². The van der Waals surface area contributed by atoms with E-state index in [2.05, 4.69) is 10.6 Å². The summed E-state index contributed by atoms with van der Waals surface area (Å²) in [5, 5.41) is 14.8. The first-order chi connectivity index (χ1) is 11.6. The summed E-state index contributed by atoms with van der Waals surface area (Å²) in [5.41, 5.74) is 1.45. The summed E-state index contributed by atoms with van der Waals surface area (Å²) in [5.74, 6) is 0.411. The van der Waals surface area contributed by atoms with Crippen molar-refractivity contribution in [1.29, 1.82) is 0 Å². The molecule has 2 aromatic carbocycles. The topological polar surface area (TPSA) is 70.6 Å².